The number of carbonyl (C=O) groups is 1. The van der Waals surface area contributed by atoms with Gasteiger partial charge in [-0.05, 0) is 86.1 Å². The lowest BCUT2D eigenvalue weighted by Gasteiger charge is -2.26. The summed E-state index contributed by atoms with van der Waals surface area (Å²) < 4.78 is 15.4. The third kappa shape index (κ3) is 5.51. The minimum Gasteiger partial charge on any atom is -0.283 e. The molecule has 0 spiro atoms. The lowest BCUT2D eigenvalue weighted by molar-refractivity contribution is 0.0743. The SMILES string of the molecule is O=C(NN1CCCCC1)c1nn(-c2ccc(Cl)cc2Cl)c2c1CCCCCC2=Cc1ccc(F)cc1. The predicted molar refractivity (Wildman–Crippen MR) is 143 cm³/mol. The van der Waals surface area contributed by atoms with Crippen molar-refractivity contribution in [3.63, 3.8) is 0 Å². The summed E-state index contributed by atoms with van der Waals surface area (Å²) in [5.41, 5.74) is 7.92. The van der Waals surface area contributed by atoms with Gasteiger partial charge in [0.05, 0.1) is 16.4 Å². The van der Waals surface area contributed by atoms with Crippen LogP contribution in [-0.2, 0) is 6.42 Å². The zero-order valence-corrected chi connectivity index (χ0v) is 21.6. The van der Waals surface area contributed by atoms with Crippen molar-refractivity contribution < 1.29 is 9.18 Å². The smallest absolute Gasteiger partial charge is 0.283 e. The number of aromatic nitrogens is 2. The Hall–Kier alpha value is -2.67. The minimum atomic E-state index is -0.273. The lowest BCUT2D eigenvalue weighted by atomic mass is 9.91. The Balaban J connectivity index is 1.65. The number of allylic oxidation sites excluding steroid dienone is 1. The van der Waals surface area contributed by atoms with E-state index in [0.717, 1.165) is 80.4 Å². The maximum atomic E-state index is 13.6. The summed E-state index contributed by atoms with van der Waals surface area (Å²) in [5, 5.41) is 7.84. The highest BCUT2D eigenvalue weighted by atomic mass is 35.5. The first-order valence-electron chi connectivity index (χ1n) is 12.6. The number of halogens is 3. The van der Waals surface area contributed by atoms with Crippen LogP contribution in [0.2, 0.25) is 10.0 Å². The van der Waals surface area contributed by atoms with E-state index >= 15 is 0 Å². The highest BCUT2D eigenvalue weighted by Crippen LogP contribution is 2.36. The summed E-state index contributed by atoms with van der Waals surface area (Å²) in [5.74, 6) is -0.469. The van der Waals surface area contributed by atoms with Gasteiger partial charge < -0.3 is 0 Å². The van der Waals surface area contributed by atoms with E-state index in [2.05, 4.69) is 11.5 Å². The lowest BCUT2D eigenvalue weighted by Crippen LogP contribution is -2.45. The van der Waals surface area contributed by atoms with E-state index in [1.807, 2.05) is 11.1 Å². The normalized spacial score (nSPS) is 17.9. The fraction of sp³-hybridized carbons (Fsp3) is 0.357. The van der Waals surface area contributed by atoms with Crippen LogP contribution in [0.4, 0.5) is 4.39 Å². The number of rotatable bonds is 4. The van der Waals surface area contributed by atoms with Crippen LogP contribution >= 0.6 is 23.2 Å². The third-order valence-corrected chi connectivity index (χ3v) is 7.38. The van der Waals surface area contributed by atoms with Gasteiger partial charge >= 0.3 is 0 Å². The fourth-order valence-electron chi connectivity index (χ4n) is 5.04. The maximum absolute atomic E-state index is 13.6. The molecule has 0 saturated carbocycles. The van der Waals surface area contributed by atoms with E-state index in [1.165, 1.54) is 18.6 Å². The van der Waals surface area contributed by atoms with Gasteiger partial charge in [-0.25, -0.2) is 14.1 Å². The Morgan fingerprint density at radius 2 is 1.67 bits per heavy atom. The van der Waals surface area contributed by atoms with Crippen molar-refractivity contribution in [2.75, 3.05) is 13.1 Å². The summed E-state index contributed by atoms with van der Waals surface area (Å²) in [7, 11) is 0. The molecule has 5 nitrogen and oxygen atoms in total. The van der Waals surface area contributed by atoms with Crippen molar-refractivity contribution in [1.29, 1.82) is 0 Å². The van der Waals surface area contributed by atoms with Crippen LogP contribution in [0, 0.1) is 5.82 Å². The number of hydrazine groups is 1. The first-order valence-corrected chi connectivity index (χ1v) is 13.3. The maximum Gasteiger partial charge on any atom is 0.286 e. The molecule has 1 aliphatic heterocycles. The van der Waals surface area contributed by atoms with Crippen LogP contribution in [0.5, 0.6) is 0 Å². The Morgan fingerprint density at radius 3 is 2.42 bits per heavy atom. The van der Waals surface area contributed by atoms with E-state index in [0.29, 0.717) is 21.4 Å². The monoisotopic (exact) mass is 526 g/mol. The number of nitrogens with zero attached hydrogens (tertiary/aromatic N) is 3. The van der Waals surface area contributed by atoms with Gasteiger partial charge in [0.2, 0.25) is 0 Å². The first-order chi connectivity index (χ1) is 17.5. The highest BCUT2D eigenvalue weighted by Gasteiger charge is 2.28. The number of hydrogen-bond donors (Lipinski definition) is 1. The number of benzene rings is 2. The van der Waals surface area contributed by atoms with Crippen LogP contribution in [0.1, 0.15) is 72.3 Å². The van der Waals surface area contributed by atoms with Gasteiger partial charge in [-0.1, -0.05) is 48.2 Å². The van der Waals surface area contributed by atoms with Gasteiger partial charge in [0.25, 0.3) is 5.91 Å². The Labute approximate surface area is 220 Å². The van der Waals surface area contributed by atoms with Crippen LogP contribution in [0.15, 0.2) is 42.5 Å². The molecule has 8 heteroatoms. The van der Waals surface area contributed by atoms with Crippen molar-refractivity contribution in [3.05, 3.63) is 80.8 Å². The van der Waals surface area contributed by atoms with E-state index in [4.69, 9.17) is 28.3 Å². The topological polar surface area (TPSA) is 50.2 Å². The molecule has 1 N–H and O–H groups in total. The van der Waals surface area contributed by atoms with Gasteiger partial charge in [0.15, 0.2) is 5.69 Å². The molecule has 1 aliphatic carbocycles. The number of nitrogens with one attached hydrogen (secondary N) is 1. The number of fused-ring (bicyclic) bond motifs is 1. The molecule has 1 saturated heterocycles. The number of piperidine rings is 1. The van der Waals surface area contributed by atoms with Crippen LogP contribution in [0.3, 0.4) is 0 Å². The molecule has 2 aliphatic rings. The Bertz CT molecular complexity index is 1280. The molecular formula is C28H29Cl2FN4O. The van der Waals surface area contributed by atoms with E-state index in [1.54, 1.807) is 28.9 Å². The molecule has 0 radical (unpaired) electrons. The fourth-order valence-corrected chi connectivity index (χ4v) is 5.53. The predicted octanol–water partition coefficient (Wildman–Crippen LogP) is 7.11. The molecule has 2 aromatic carbocycles. The average molecular weight is 527 g/mol. The largest absolute Gasteiger partial charge is 0.286 e. The zero-order chi connectivity index (χ0) is 25.1. The summed E-state index contributed by atoms with van der Waals surface area (Å²) in [6, 6.07) is 11.7. The Morgan fingerprint density at radius 1 is 0.944 bits per heavy atom. The molecule has 188 valence electrons. The molecule has 1 aromatic heterocycles. The van der Waals surface area contributed by atoms with Crippen molar-refractivity contribution >= 4 is 40.8 Å². The second kappa shape index (κ2) is 11.2. The van der Waals surface area contributed by atoms with Crippen LogP contribution < -0.4 is 5.43 Å². The number of hydrogen-bond acceptors (Lipinski definition) is 3. The highest BCUT2D eigenvalue weighted by molar-refractivity contribution is 6.35. The van der Waals surface area contributed by atoms with E-state index in [9.17, 15) is 9.18 Å². The van der Waals surface area contributed by atoms with Gasteiger partial charge in [-0.15, -0.1) is 0 Å². The quantitative estimate of drug-likeness (QED) is 0.394. The molecule has 36 heavy (non-hydrogen) atoms. The summed E-state index contributed by atoms with van der Waals surface area (Å²) >= 11 is 12.8. The second-order valence-corrected chi connectivity index (χ2v) is 10.3. The van der Waals surface area contributed by atoms with Crippen molar-refractivity contribution in [3.8, 4) is 5.69 Å². The average Bonchev–Trinajstić information content (AvgIpc) is 3.22. The number of amides is 1. The molecule has 0 bridgehead atoms. The van der Waals surface area contributed by atoms with Gasteiger partial charge in [0.1, 0.15) is 5.82 Å². The van der Waals surface area contributed by atoms with Crippen LogP contribution in [-0.4, -0.2) is 33.8 Å². The second-order valence-electron chi connectivity index (χ2n) is 9.45. The van der Waals surface area contributed by atoms with Gasteiger partial charge in [0, 0.05) is 23.7 Å². The molecular weight excluding hydrogens is 498 g/mol. The van der Waals surface area contributed by atoms with Crippen molar-refractivity contribution in [2.24, 2.45) is 0 Å². The summed E-state index contributed by atoms with van der Waals surface area (Å²) in [6.07, 6.45) is 9.98. The zero-order valence-electron chi connectivity index (χ0n) is 20.1. The third-order valence-electron chi connectivity index (χ3n) is 6.84. The van der Waals surface area contributed by atoms with E-state index in [-0.39, 0.29) is 11.7 Å². The molecule has 1 fully saturated rings. The van der Waals surface area contributed by atoms with Crippen molar-refractivity contribution in [2.45, 2.75) is 51.4 Å². The van der Waals surface area contributed by atoms with Crippen molar-refractivity contribution in [1.82, 2.24) is 20.2 Å². The molecule has 0 unspecified atom stereocenters. The summed E-state index contributed by atoms with van der Waals surface area (Å²) in [6.45, 7) is 1.68. The van der Waals surface area contributed by atoms with Crippen LogP contribution in [0.25, 0.3) is 17.3 Å². The molecule has 5 rings (SSSR count). The Kier molecular flexibility index (Phi) is 7.75. The molecule has 0 atom stereocenters. The molecule has 1 amide bonds. The molecule has 2 heterocycles. The minimum absolute atomic E-state index is 0.196. The molecule has 3 aromatic rings. The van der Waals surface area contributed by atoms with Gasteiger partial charge in [-0.3, -0.25) is 10.2 Å². The summed E-state index contributed by atoms with van der Waals surface area (Å²) in [4.78, 5) is 13.5. The standard InChI is InChI=1S/C28H29Cl2FN4O/c29-21-11-14-25(24(30)18-21)35-27-20(17-19-9-12-22(31)13-10-19)7-3-1-4-8-23(27)26(32-35)28(36)33-34-15-5-2-6-16-34/h9-14,17-18H,1-8,15-16H2,(H,33,36). The number of carbonyl (C=O) groups excluding carboxylic acids is 1. The van der Waals surface area contributed by atoms with Gasteiger partial charge in [-0.2, -0.15) is 5.10 Å². The van der Waals surface area contributed by atoms with E-state index < -0.39 is 0 Å². The first kappa shape index (κ1) is 25.0.